The zero-order valence-electron chi connectivity index (χ0n) is 10.5. The lowest BCUT2D eigenvalue weighted by Gasteiger charge is -2.15. The first-order valence-corrected chi connectivity index (χ1v) is 5.48. The molecule has 0 spiro atoms. The predicted molar refractivity (Wildman–Crippen MR) is 63.9 cm³/mol. The molecule has 1 aromatic heterocycles. The van der Waals surface area contributed by atoms with E-state index < -0.39 is 19.1 Å². The first kappa shape index (κ1) is 15.2. The van der Waals surface area contributed by atoms with E-state index in [2.05, 4.69) is 25.7 Å². The molecule has 0 amide bonds. The molecule has 0 aromatic carbocycles. The zero-order valence-corrected chi connectivity index (χ0v) is 10.5. The number of hydrazine groups is 1. The molecule has 0 saturated carbocycles. The van der Waals surface area contributed by atoms with E-state index in [9.17, 15) is 8.78 Å². The molecule has 0 bridgehead atoms. The molecule has 0 fully saturated rings. The minimum absolute atomic E-state index is 0.0273. The second-order valence-corrected chi connectivity index (χ2v) is 3.94. The van der Waals surface area contributed by atoms with E-state index in [1.165, 1.54) is 0 Å². The summed E-state index contributed by atoms with van der Waals surface area (Å²) >= 11 is 0. The van der Waals surface area contributed by atoms with E-state index in [0.29, 0.717) is 0 Å². The van der Waals surface area contributed by atoms with Crippen molar-refractivity contribution in [2.24, 2.45) is 5.84 Å². The Morgan fingerprint density at radius 3 is 2.47 bits per heavy atom. The number of nitrogen functional groups attached to an aromatic ring is 1. The maximum Gasteiger partial charge on any atom is 0.323 e. The van der Waals surface area contributed by atoms with Crippen LogP contribution in [0.4, 0.5) is 20.7 Å². The van der Waals surface area contributed by atoms with Gasteiger partial charge in [0.2, 0.25) is 11.9 Å². The Labute approximate surface area is 108 Å². The summed E-state index contributed by atoms with van der Waals surface area (Å²) in [4.78, 5) is 11.3. The number of hydrogen-bond acceptors (Lipinski definition) is 8. The third-order valence-electron chi connectivity index (χ3n) is 1.82. The molecule has 108 valence electrons. The number of hydrogen-bond donors (Lipinski definition) is 4. The molecule has 1 heterocycles. The summed E-state index contributed by atoms with van der Waals surface area (Å²) in [7, 11) is 0. The highest BCUT2D eigenvalue weighted by Gasteiger charge is 2.27. The molecule has 1 aromatic rings. The number of nitrogens with two attached hydrogens (primary N) is 1. The Kier molecular flexibility index (Phi) is 5.12. The fourth-order valence-corrected chi connectivity index (χ4v) is 1.03. The molecular weight excluding hydrogens is 262 g/mol. The van der Waals surface area contributed by atoms with Crippen LogP contribution in [-0.2, 0) is 0 Å². The molecule has 0 saturated heterocycles. The van der Waals surface area contributed by atoms with Gasteiger partial charge in [0.05, 0.1) is 12.6 Å². The number of aliphatic hydroxyl groups is 1. The predicted octanol–water partition coefficient (Wildman–Crippen LogP) is -0.0161. The summed E-state index contributed by atoms with van der Waals surface area (Å²) in [6, 6.07) is -0.0484. The van der Waals surface area contributed by atoms with Crippen LogP contribution in [0.3, 0.4) is 0 Å². The lowest BCUT2D eigenvalue weighted by atomic mass is 10.3. The van der Waals surface area contributed by atoms with Crippen molar-refractivity contribution in [3.05, 3.63) is 0 Å². The van der Waals surface area contributed by atoms with Crippen molar-refractivity contribution in [2.75, 3.05) is 23.9 Å². The van der Waals surface area contributed by atoms with E-state index in [1.807, 2.05) is 0 Å². The van der Waals surface area contributed by atoms with Crippen molar-refractivity contribution in [1.29, 1.82) is 0 Å². The Morgan fingerprint density at radius 2 is 1.95 bits per heavy atom. The van der Waals surface area contributed by atoms with Gasteiger partial charge in [-0.1, -0.05) is 0 Å². The normalized spacial score (nSPS) is 11.5. The second-order valence-electron chi connectivity index (χ2n) is 3.94. The maximum atomic E-state index is 12.9. The average Bonchev–Trinajstić information content (AvgIpc) is 2.35. The first-order chi connectivity index (χ1) is 8.86. The van der Waals surface area contributed by atoms with Crippen molar-refractivity contribution < 1.29 is 18.6 Å². The SMILES string of the molecule is CC(C)Oc1nc(NN)nc(NCC(F)(F)CO)n1. The number of nitrogens with one attached hydrogen (secondary N) is 2. The second kappa shape index (κ2) is 6.38. The van der Waals surface area contributed by atoms with Gasteiger partial charge in [-0.2, -0.15) is 15.0 Å². The monoisotopic (exact) mass is 278 g/mol. The van der Waals surface area contributed by atoms with Crippen molar-refractivity contribution in [2.45, 2.75) is 25.9 Å². The number of anilines is 2. The smallest absolute Gasteiger partial charge is 0.323 e. The zero-order chi connectivity index (χ0) is 14.5. The van der Waals surface area contributed by atoms with Crippen LogP contribution in [0.1, 0.15) is 13.8 Å². The van der Waals surface area contributed by atoms with Crippen LogP contribution in [0.25, 0.3) is 0 Å². The molecule has 0 aliphatic rings. The van der Waals surface area contributed by atoms with E-state index in [4.69, 9.17) is 15.7 Å². The summed E-state index contributed by atoms with van der Waals surface area (Å²) in [5.74, 6) is 1.72. The molecule has 0 aliphatic heterocycles. The van der Waals surface area contributed by atoms with E-state index in [-0.39, 0.29) is 24.0 Å². The Bertz CT molecular complexity index is 418. The van der Waals surface area contributed by atoms with Gasteiger partial charge in [0.1, 0.15) is 6.61 Å². The summed E-state index contributed by atoms with van der Waals surface area (Å²) in [6.07, 6.45) is -0.195. The highest BCUT2D eigenvalue weighted by molar-refractivity contribution is 5.35. The quantitative estimate of drug-likeness (QED) is 0.406. The van der Waals surface area contributed by atoms with Crippen molar-refractivity contribution in [3.8, 4) is 6.01 Å². The molecule has 0 aliphatic carbocycles. The largest absolute Gasteiger partial charge is 0.461 e. The molecule has 5 N–H and O–H groups in total. The third kappa shape index (κ3) is 5.14. The average molecular weight is 278 g/mol. The highest BCUT2D eigenvalue weighted by Crippen LogP contribution is 2.15. The Morgan fingerprint density at radius 1 is 1.32 bits per heavy atom. The maximum absolute atomic E-state index is 12.9. The lowest BCUT2D eigenvalue weighted by molar-refractivity contribution is -0.0374. The minimum atomic E-state index is -3.28. The minimum Gasteiger partial charge on any atom is -0.461 e. The van der Waals surface area contributed by atoms with Crippen molar-refractivity contribution in [1.82, 2.24) is 15.0 Å². The molecule has 10 heteroatoms. The van der Waals surface area contributed by atoms with Gasteiger partial charge < -0.3 is 15.2 Å². The number of rotatable bonds is 7. The number of nitrogens with zero attached hydrogens (tertiary/aromatic N) is 3. The van der Waals surface area contributed by atoms with Gasteiger partial charge in [-0.25, -0.2) is 14.6 Å². The van der Waals surface area contributed by atoms with E-state index in [1.54, 1.807) is 13.8 Å². The van der Waals surface area contributed by atoms with E-state index in [0.717, 1.165) is 0 Å². The highest BCUT2D eigenvalue weighted by atomic mass is 19.3. The van der Waals surface area contributed by atoms with Crippen LogP contribution in [0.2, 0.25) is 0 Å². The van der Waals surface area contributed by atoms with Crippen molar-refractivity contribution >= 4 is 11.9 Å². The molecule has 0 radical (unpaired) electrons. The molecular formula is C9H16F2N6O2. The Balaban J connectivity index is 2.82. The van der Waals surface area contributed by atoms with Crippen LogP contribution in [0.15, 0.2) is 0 Å². The number of aliphatic hydroxyl groups excluding tert-OH is 1. The number of halogens is 2. The van der Waals surface area contributed by atoms with Crippen LogP contribution in [0.5, 0.6) is 6.01 Å². The number of ether oxygens (including phenoxy) is 1. The van der Waals surface area contributed by atoms with Gasteiger partial charge in [0.15, 0.2) is 0 Å². The Hall–Kier alpha value is -1.81. The molecule has 0 atom stereocenters. The third-order valence-corrected chi connectivity index (χ3v) is 1.82. The lowest BCUT2D eigenvalue weighted by Crippen LogP contribution is -2.31. The first-order valence-electron chi connectivity index (χ1n) is 5.48. The fourth-order valence-electron chi connectivity index (χ4n) is 1.03. The van der Waals surface area contributed by atoms with Crippen LogP contribution in [0, 0.1) is 0 Å². The summed E-state index contributed by atoms with van der Waals surface area (Å²) in [5.41, 5.74) is 2.17. The molecule has 8 nitrogen and oxygen atoms in total. The van der Waals surface area contributed by atoms with Gasteiger partial charge in [0.25, 0.3) is 5.92 Å². The van der Waals surface area contributed by atoms with Gasteiger partial charge >= 0.3 is 6.01 Å². The van der Waals surface area contributed by atoms with Crippen LogP contribution >= 0.6 is 0 Å². The van der Waals surface area contributed by atoms with Gasteiger partial charge in [-0.3, -0.25) is 5.43 Å². The topological polar surface area (TPSA) is 118 Å². The molecule has 1 rings (SSSR count). The van der Waals surface area contributed by atoms with E-state index >= 15 is 0 Å². The number of alkyl halides is 2. The number of aromatic nitrogens is 3. The summed E-state index contributed by atoms with van der Waals surface area (Å²) in [5, 5.41) is 10.7. The van der Waals surface area contributed by atoms with Gasteiger partial charge in [0, 0.05) is 0 Å². The standard InChI is InChI=1S/C9H16F2N6O2/c1-5(2)19-8-15-6(14-7(16-8)17-12)13-3-9(10,11)4-18/h5,18H,3-4,12H2,1-2H3,(H2,13,14,15,16,17). The van der Waals surface area contributed by atoms with Crippen LogP contribution in [-0.4, -0.2) is 45.2 Å². The summed E-state index contributed by atoms with van der Waals surface area (Å²) < 4.78 is 31.0. The fraction of sp³-hybridized carbons (Fsp3) is 0.667. The molecule has 0 unspecified atom stereocenters. The summed E-state index contributed by atoms with van der Waals surface area (Å²) in [6.45, 7) is 1.42. The van der Waals surface area contributed by atoms with Gasteiger partial charge in [-0.05, 0) is 13.8 Å². The van der Waals surface area contributed by atoms with Crippen LogP contribution < -0.4 is 21.3 Å². The van der Waals surface area contributed by atoms with Gasteiger partial charge in [-0.15, -0.1) is 0 Å². The van der Waals surface area contributed by atoms with Crippen molar-refractivity contribution in [3.63, 3.8) is 0 Å². The molecule has 19 heavy (non-hydrogen) atoms.